The van der Waals surface area contributed by atoms with Crippen molar-refractivity contribution in [2.45, 2.75) is 24.0 Å². The zero-order valence-electron chi connectivity index (χ0n) is 14.6. The van der Waals surface area contributed by atoms with Gasteiger partial charge in [0, 0.05) is 13.2 Å². The van der Waals surface area contributed by atoms with Gasteiger partial charge in [0.1, 0.15) is 5.69 Å². The van der Waals surface area contributed by atoms with Gasteiger partial charge in [0.25, 0.3) is 0 Å². The van der Waals surface area contributed by atoms with E-state index in [0.717, 1.165) is 12.1 Å². The lowest BCUT2D eigenvalue weighted by molar-refractivity contribution is -0.369. The Morgan fingerprint density at radius 2 is 1.79 bits per heavy atom. The van der Waals surface area contributed by atoms with Gasteiger partial charge in [-0.2, -0.15) is 17.6 Å². The Kier molecular flexibility index (Phi) is 3.86. The number of fused-ring (bicyclic) bond motifs is 2. The summed E-state index contributed by atoms with van der Waals surface area (Å²) in [6.45, 7) is 1.47. The van der Waals surface area contributed by atoms with Crippen molar-refractivity contribution in [3.05, 3.63) is 41.6 Å². The van der Waals surface area contributed by atoms with E-state index in [1.165, 1.54) is 36.9 Å². The fourth-order valence-electron chi connectivity index (χ4n) is 3.17. The second-order valence-corrected chi connectivity index (χ2v) is 8.52. The summed E-state index contributed by atoms with van der Waals surface area (Å²) in [4.78, 5) is 8.17. The van der Waals surface area contributed by atoms with Crippen molar-refractivity contribution in [2.24, 2.45) is 7.05 Å². The van der Waals surface area contributed by atoms with Gasteiger partial charge >= 0.3 is 12.2 Å². The molecule has 0 fully saturated rings. The van der Waals surface area contributed by atoms with Crippen molar-refractivity contribution in [1.82, 2.24) is 14.5 Å². The van der Waals surface area contributed by atoms with Gasteiger partial charge in [-0.1, -0.05) is 6.92 Å². The van der Waals surface area contributed by atoms with Crippen LogP contribution < -0.4 is 0 Å². The smallest absolute Gasteiger partial charge is 0.326 e. The third-order valence-electron chi connectivity index (χ3n) is 4.60. The standard InChI is InChI=1S/C17H13F4N3O3S/c1-3-28(25,26)13-5-4-6-22-14(13)15-23-11-7-9-10(8-12(11)24(15)2)17(20,21)27-16(9,18)19/h4-8H,3H2,1-2H3. The summed E-state index contributed by atoms with van der Waals surface area (Å²) in [5, 5.41) is 0. The van der Waals surface area contributed by atoms with Gasteiger partial charge in [-0.05, 0) is 24.3 Å². The molecule has 0 spiro atoms. The minimum absolute atomic E-state index is 0.0114. The number of aryl methyl sites for hydroxylation is 1. The summed E-state index contributed by atoms with van der Waals surface area (Å²) >= 11 is 0. The Bertz CT molecular complexity index is 1220. The first-order valence-corrected chi connectivity index (χ1v) is 9.78. The molecule has 1 aromatic carbocycles. The van der Waals surface area contributed by atoms with Crippen LogP contribution in [0.5, 0.6) is 0 Å². The number of nitrogens with zero attached hydrogens (tertiary/aromatic N) is 3. The van der Waals surface area contributed by atoms with Crippen LogP contribution in [0.15, 0.2) is 35.4 Å². The predicted octanol–water partition coefficient (Wildman–Crippen LogP) is 3.56. The highest BCUT2D eigenvalue weighted by molar-refractivity contribution is 7.91. The van der Waals surface area contributed by atoms with E-state index in [1.54, 1.807) is 0 Å². The zero-order valence-corrected chi connectivity index (χ0v) is 15.4. The molecule has 2 aromatic heterocycles. The Morgan fingerprint density at radius 3 is 2.43 bits per heavy atom. The Labute approximate surface area is 156 Å². The van der Waals surface area contributed by atoms with Crippen LogP contribution in [0.1, 0.15) is 18.1 Å². The minimum Gasteiger partial charge on any atom is -0.326 e. The van der Waals surface area contributed by atoms with Crippen molar-refractivity contribution < 1.29 is 30.7 Å². The van der Waals surface area contributed by atoms with Crippen LogP contribution in [-0.4, -0.2) is 28.7 Å². The highest BCUT2D eigenvalue weighted by Crippen LogP contribution is 2.52. The van der Waals surface area contributed by atoms with E-state index in [1.807, 2.05) is 0 Å². The van der Waals surface area contributed by atoms with Gasteiger partial charge in [-0.3, -0.25) is 4.98 Å². The molecule has 3 heterocycles. The van der Waals surface area contributed by atoms with E-state index >= 15 is 0 Å². The number of halogens is 4. The number of aromatic nitrogens is 3. The summed E-state index contributed by atoms with van der Waals surface area (Å²) in [7, 11) is -2.20. The average Bonchev–Trinajstić information content (AvgIpc) is 3.04. The third-order valence-corrected chi connectivity index (χ3v) is 6.36. The molecule has 0 saturated carbocycles. The molecule has 0 atom stereocenters. The van der Waals surface area contributed by atoms with Crippen LogP contribution in [0, 0.1) is 0 Å². The molecule has 11 heteroatoms. The molecule has 1 aliphatic rings. The molecule has 28 heavy (non-hydrogen) atoms. The van der Waals surface area contributed by atoms with Crippen LogP contribution in [0.4, 0.5) is 17.6 Å². The molecule has 0 N–H and O–H groups in total. The molecule has 0 bridgehead atoms. The molecule has 0 saturated heterocycles. The summed E-state index contributed by atoms with van der Waals surface area (Å²) in [6.07, 6.45) is -6.95. The maximum Gasteiger partial charge on any atom is 0.388 e. The van der Waals surface area contributed by atoms with Gasteiger partial charge in [0.2, 0.25) is 0 Å². The van der Waals surface area contributed by atoms with Crippen LogP contribution in [0.25, 0.3) is 22.6 Å². The summed E-state index contributed by atoms with van der Waals surface area (Å²) in [5.41, 5.74) is -1.82. The summed E-state index contributed by atoms with van der Waals surface area (Å²) < 4.78 is 85.0. The first-order chi connectivity index (χ1) is 13.0. The molecular weight excluding hydrogens is 402 g/mol. The summed E-state index contributed by atoms with van der Waals surface area (Å²) in [6, 6.07) is 4.50. The van der Waals surface area contributed by atoms with E-state index in [-0.39, 0.29) is 33.2 Å². The number of benzene rings is 1. The van der Waals surface area contributed by atoms with Crippen LogP contribution in [0.2, 0.25) is 0 Å². The van der Waals surface area contributed by atoms with Crippen molar-refractivity contribution in [2.75, 3.05) is 5.75 Å². The van der Waals surface area contributed by atoms with Gasteiger partial charge in [0.05, 0.1) is 32.8 Å². The van der Waals surface area contributed by atoms with Gasteiger partial charge in [-0.15, -0.1) is 0 Å². The largest absolute Gasteiger partial charge is 0.388 e. The topological polar surface area (TPSA) is 74.1 Å². The number of pyridine rings is 1. The van der Waals surface area contributed by atoms with Crippen molar-refractivity contribution in [3.8, 4) is 11.5 Å². The number of sulfone groups is 1. The molecule has 6 nitrogen and oxygen atoms in total. The fraction of sp³-hybridized carbons (Fsp3) is 0.294. The highest BCUT2D eigenvalue weighted by Gasteiger charge is 2.57. The van der Waals surface area contributed by atoms with Crippen LogP contribution in [-0.2, 0) is 33.8 Å². The minimum atomic E-state index is -4.16. The normalized spacial score (nSPS) is 17.8. The molecule has 0 aliphatic carbocycles. The molecule has 0 unspecified atom stereocenters. The number of rotatable bonds is 3. The Morgan fingerprint density at radius 1 is 1.14 bits per heavy atom. The maximum atomic E-state index is 13.9. The van der Waals surface area contributed by atoms with E-state index in [2.05, 4.69) is 14.7 Å². The highest BCUT2D eigenvalue weighted by atomic mass is 32.2. The molecular formula is C17H13F4N3O3S. The summed E-state index contributed by atoms with van der Waals surface area (Å²) in [5.74, 6) is -0.126. The van der Waals surface area contributed by atoms with Crippen LogP contribution in [0.3, 0.4) is 0 Å². The zero-order chi connectivity index (χ0) is 20.5. The SMILES string of the molecule is CCS(=O)(=O)c1cccnc1-c1nc2cc3c(cc2n1C)C(F)(F)OC3(F)F. The van der Waals surface area contributed by atoms with Crippen molar-refractivity contribution in [1.29, 1.82) is 0 Å². The number of alkyl halides is 4. The van der Waals surface area contributed by atoms with Crippen LogP contribution >= 0.6 is 0 Å². The molecule has 3 aromatic rings. The molecule has 148 valence electrons. The monoisotopic (exact) mass is 415 g/mol. The number of hydrogen-bond donors (Lipinski definition) is 0. The second-order valence-electron chi connectivity index (χ2n) is 6.27. The quantitative estimate of drug-likeness (QED) is 0.612. The van der Waals surface area contributed by atoms with Gasteiger partial charge in [-0.25, -0.2) is 18.1 Å². The lowest BCUT2D eigenvalue weighted by atomic mass is 10.1. The van der Waals surface area contributed by atoms with Crippen molar-refractivity contribution in [3.63, 3.8) is 0 Å². The number of hydrogen-bond acceptors (Lipinski definition) is 5. The fourth-order valence-corrected chi connectivity index (χ4v) is 4.20. The van der Waals surface area contributed by atoms with Gasteiger partial charge in [0.15, 0.2) is 15.7 Å². The van der Waals surface area contributed by atoms with E-state index in [9.17, 15) is 26.0 Å². The average molecular weight is 415 g/mol. The number of imidazole rings is 1. The van der Waals surface area contributed by atoms with E-state index in [4.69, 9.17) is 0 Å². The molecule has 1 aliphatic heterocycles. The Hall–Kier alpha value is -2.53. The maximum absolute atomic E-state index is 13.9. The van der Waals surface area contributed by atoms with Crippen molar-refractivity contribution >= 4 is 20.9 Å². The number of ether oxygens (including phenoxy) is 1. The molecule has 4 rings (SSSR count). The lowest BCUT2D eigenvalue weighted by Gasteiger charge is -2.11. The lowest BCUT2D eigenvalue weighted by Crippen LogP contribution is -2.17. The first kappa shape index (κ1) is 18.8. The first-order valence-electron chi connectivity index (χ1n) is 8.13. The predicted molar refractivity (Wildman–Crippen MR) is 90.5 cm³/mol. The second kappa shape index (κ2) is 5.74. The van der Waals surface area contributed by atoms with E-state index in [0.29, 0.717) is 0 Å². The molecule has 0 amide bonds. The molecule has 0 radical (unpaired) electrons. The Balaban J connectivity index is 2.00. The van der Waals surface area contributed by atoms with Gasteiger partial charge < -0.3 is 4.57 Å². The third kappa shape index (κ3) is 2.60. The van der Waals surface area contributed by atoms with E-state index < -0.39 is 33.2 Å².